The highest BCUT2D eigenvalue weighted by atomic mass is 35.5. The van der Waals surface area contributed by atoms with E-state index in [1.807, 2.05) is 0 Å². The topological polar surface area (TPSA) is 61.0 Å². The summed E-state index contributed by atoms with van der Waals surface area (Å²) in [5.41, 5.74) is 2.39. The van der Waals surface area contributed by atoms with E-state index in [9.17, 15) is 18.0 Å². The lowest BCUT2D eigenvalue weighted by Gasteiger charge is -2.18. The summed E-state index contributed by atoms with van der Waals surface area (Å²) in [6.07, 6.45) is -0.631. The highest BCUT2D eigenvalue weighted by Gasteiger charge is 2.32. The minimum absolute atomic E-state index is 0.0735. The highest BCUT2D eigenvalue weighted by Crippen LogP contribution is 2.37. The number of amides is 1. The van der Waals surface area contributed by atoms with Crippen LogP contribution in [0.25, 0.3) is 11.1 Å². The maximum atomic E-state index is 12.4. The third-order valence-electron chi connectivity index (χ3n) is 3.77. The number of fused-ring (bicyclic) bond motifs is 1. The third-order valence-corrected chi connectivity index (χ3v) is 4.05. The first-order valence-corrected chi connectivity index (χ1v) is 7.56. The summed E-state index contributed by atoms with van der Waals surface area (Å²) in [5.74, 6) is -0.00353. The maximum absolute atomic E-state index is 12.4. The zero-order chi connectivity index (χ0) is 17.5. The normalized spacial score (nSPS) is 13.5. The Kier molecular flexibility index (Phi) is 4.16. The molecule has 24 heavy (non-hydrogen) atoms. The van der Waals surface area contributed by atoms with Crippen molar-refractivity contribution >= 4 is 23.3 Å². The second-order valence-electron chi connectivity index (χ2n) is 5.56. The molecule has 1 amide bonds. The number of hydrogen-bond acceptors (Lipinski definition) is 3. The Bertz CT molecular complexity index is 788. The molecule has 0 unspecified atom stereocenters. The summed E-state index contributed by atoms with van der Waals surface area (Å²) in [6, 6.07) is 1.51. The molecule has 5 nitrogen and oxygen atoms in total. The molecule has 0 spiro atoms. The van der Waals surface area contributed by atoms with Crippen molar-refractivity contribution in [1.82, 2.24) is 14.9 Å². The van der Waals surface area contributed by atoms with Gasteiger partial charge in [-0.1, -0.05) is 11.6 Å². The zero-order valence-corrected chi connectivity index (χ0v) is 13.4. The fourth-order valence-corrected chi connectivity index (χ4v) is 3.02. The van der Waals surface area contributed by atoms with Crippen LogP contribution in [-0.4, -0.2) is 47.1 Å². The van der Waals surface area contributed by atoms with Crippen LogP contribution < -0.4 is 5.32 Å². The zero-order valence-electron chi connectivity index (χ0n) is 12.7. The Morgan fingerprint density at radius 2 is 2.21 bits per heavy atom. The number of hydrogen-bond donors (Lipinski definition) is 2. The molecule has 1 aliphatic heterocycles. The molecule has 0 aromatic carbocycles. The molecule has 2 aromatic rings. The Labute approximate surface area is 140 Å². The molecule has 1 aliphatic rings. The van der Waals surface area contributed by atoms with Gasteiger partial charge in [-0.15, -0.1) is 0 Å². The van der Waals surface area contributed by atoms with Crippen LogP contribution in [-0.2, 0) is 6.42 Å². The van der Waals surface area contributed by atoms with Crippen LogP contribution in [0.5, 0.6) is 0 Å². The first kappa shape index (κ1) is 16.6. The maximum Gasteiger partial charge on any atom is 0.406 e. The van der Waals surface area contributed by atoms with E-state index in [-0.39, 0.29) is 5.69 Å². The largest absolute Gasteiger partial charge is 0.406 e. The summed E-state index contributed by atoms with van der Waals surface area (Å²) in [6.45, 7) is -0.574. The van der Waals surface area contributed by atoms with Crippen molar-refractivity contribution < 1.29 is 18.0 Å². The predicted molar refractivity (Wildman–Crippen MR) is 84.2 cm³/mol. The average Bonchev–Trinajstić information content (AvgIpc) is 3.13. The minimum atomic E-state index is -4.44. The first-order valence-electron chi connectivity index (χ1n) is 7.18. The van der Waals surface area contributed by atoms with Crippen molar-refractivity contribution in [3.8, 4) is 11.1 Å². The van der Waals surface area contributed by atoms with Gasteiger partial charge in [0.15, 0.2) is 0 Å². The number of pyridine rings is 1. The van der Waals surface area contributed by atoms with Gasteiger partial charge in [0.1, 0.15) is 18.1 Å². The van der Waals surface area contributed by atoms with Crippen molar-refractivity contribution in [3.05, 3.63) is 34.7 Å². The molecule has 0 saturated carbocycles. The lowest BCUT2D eigenvalue weighted by atomic mass is 10.0. The highest BCUT2D eigenvalue weighted by molar-refractivity contribution is 6.33. The molecule has 9 heteroatoms. The van der Waals surface area contributed by atoms with Gasteiger partial charge in [-0.3, -0.25) is 4.79 Å². The van der Waals surface area contributed by atoms with Gasteiger partial charge in [0.2, 0.25) is 0 Å². The SMILES string of the molecule is CN(CC(F)(F)F)C(=O)c1cc(-c2c(Cl)cnc3c2CCN3)c[nH]1. The number of halogens is 4. The van der Waals surface area contributed by atoms with E-state index >= 15 is 0 Å². The summed E-state index contributed by atoms with van der Waals surface area (Å²) in [7, 11) is 1.11. The van der Waals surface area contributed by atoms with Crippen LogP contribution in [0.3, 0.4) is 0 Å². The summed E-state index contributed by atoms with van der Waals surface area (Å²) >= 11 is 6.23. The van der Waals surface area contributed by atoms with E-state index in [1.54, 1.807) is 6.20 Å². The molecule has 3 heterocycles. The lowest BCUT2D eigenvalue weighted by molar-refractivity contribution is -0.138. The van der Waals surface area contributed by atoms with E-state index in [1.165, 1.54) is 12.3 Å². The van der Waals surface area contributed by atoms with Crippen molar-refractivity contribution in [2.75, 3.05) is 25.5 Å². The second kappa shape index (κ2) is 6.01. The molecule has 3 rings (SSSR count). The number of alkyl halides is 3. The molecule has 0 saturated heterocycles. The van der Waals surface area contributed by atoms with Crippen LogP contribution in [0.4, 0.5) is 19.0 Å². The fraction of sp³-hybridized carbons (Fsp3) is 0.333. The smallest absolute Gasteiger partial charge is 0.369 e. The monoisotopic (exact) mass is 358 g/mol. The molecule has 0 atom stereocenters. The van der Waals surface area contributed by atoms with Gasteiger partial charge in [0.25, 0.3) is 5.91 Å². The van der Waals surface area contributed by atoms with E-state index in [4.69, 9.17) is 11.6 Å². The number of carbonyl (C=O) groups excluding carboxylic acids is 1. The van der Waals surface area contributed by atoms with E-state index in [0.29, 0.717) is 15.5 Å². The van der Waals surface area contributed by atoms with Gasteiger partial charge in [-0.05, 0) is 12.5 Å². The van der Waals surface area contributed by atoms with E-state index < -0.39 is 18.6 Å². The number of H-pyrrole nitrogens is 1. The van der Waals surface area contributed by atoms with Gasteiger partial charge in [0.05, 0.1) is 5.02 Å². The van der Waals surface area contributed by atoms with Gasteiger partial charge < -0.3 is 15.2 Å². The lowest BCUT2D eigenvalue weighted by Crippen LogP contribution is -2.35. The van der Waals surface area contributed by atoms with Crippen LogP contribution in [0.15, 0.2) is 18.5 Å². The quantitative estimate of drug-likeness (QED) is 0.884. The number of nitrogens with zero attached hydrogens (tertiary/aromatic N) is 2. The van der Waals surface area contributed by atoms with Crippen molar-refractivity contribution in [2.45, 2.75) is 12.6 Å². The Morgan fingerprint density at radius 3 is 2.92 bits per heavy atom. The van der Waals surface area contributed by atoms with Crippen LogP contribution in [0.2, 0.25) is 5.02 Å². The first-order chi connectivity index (χ1) is 11.3. The van der Waals surface area contributed by atoms with Crippen LogP contribution in [0.1, 0.15) is 16.1 Å². The van der Waals surface area contributed by atoms with Crippen molar-refractivity contribution in [1.29, 1.82) is 0 Å². The van der Waals surface area contributed by atoms with Crippen molar-refractivity contribution in [2.24, 2.45) is 0 Å². The fourth-order valence-electron chi connectivity index (χ4n) is 2.75. The Morgan fingerprint density at radius 1 is 1.46 bits per heavy atom. The molecular formula is C15H14ClF3N4O. The summed E-state index contributed by atoms with van der Waals surface area (Å²) in [4.78, 5) is 19.7. The van der Waals surface area contributed by atoms with E-state index in [2.05, 4.69) is 15.3 Å². The number of anilines is 1. The minimum Gasteiger partial charge on any atom is -0.369 e. The standard InChI is InChI=1S/C15H14ClF3N4O/c1-23(7-15(17,18)19)14(24)11-4-8(5-21-11)12-9-2-3-20-13(9)22-6-10(12)16/h4-6,21H,2-3,7H2,1H3,(H,20,22). The van der Waals surface area contributed by atoms with Crippen molar-refractivity contribution in [3.63, 3.8) is 0 Å². The predicted octanol–water partition coefficient (Wildman–Crippen LogP) is 3.33. The van der Waals surface area contributed by atoms with E-state index in [0.717, 1.165) is 37.0 Å². The number of rotatable bonds is 3. The number of aromatic amines is 1. The molecule has 2 N–H and O–H groups in total. The molecular weight excluding hydrogens is 345 g/mol. The Balaban J connectivity index is 1.90. The molecule has 128 valence electrons. The molecule has 2 aromatic heterocycles. The number of carbonyl (C=O) groups is 1. The molecule has 0 bridgehead atoms. The van der Waals surface area contributed by atoms with Crippen LogP contribution >= 0.6 is 11.6 Å². The molecule has 0 aliphatic carbocycles. The van der Waals surface area contributed by atoms with Gasteiger partial charge >= 0.3 is 6.18 Å². The van der Waals surface area contributed by atoms with Crippen LogP contribution in [0, 0.1) is 0 Å². The number of aromatic nitrogens is 2. The molecule has 0 fully saturated rings. The van der Waals surface area contributed by atoms with Gasteiger partial charge in [0, 0.05) is 42.7 Å². The molecule has 0 radical (unpaired) electrons. The van der Waals surface area contributed by atoms with Gasteiger partial charge in [-0.2, -0.15) is 13.2 Å². The number of nitrogens with one attached hydrogen (secondary N) is 2. The Hall–Kier alpha value is -2.22. The average molecular weight is 359 g/mol. The third kappa shape index (κ3) is 3.19. The van der Waals surface area contributed by atoms with Gasteiger partial charge in [-0.25, -0.2) is 4.98 Å². The summed E-state index contributed by atoms with van der Waals surface area (Å²) in [5, 5.41) is 3.56. The summed E-state index contributed by atoms with van der Waals surface area (Å²) < 4.78 is 37.3. The second-order valence-corrected chi connectivity index (χ2v) is 5.97.